The predicted octanol–water partition coefficient (Wildman–Crippen LogP) is 1.71. The van der Waals surface area contributed by atoms with Crippen molar-refractivity contribution >= 4 is 21.9 Å². The molecule has 0 bridgehead atoms. The summed E-state index contributed by atoms with van der Waals surface area (Å²) in [4.78, 5) is 25.8. The van der Waals surface area contributed by atoms with Gasteiger partial charge in [0.25, 0.3) is 5.91 Å². The fraction of sp³-hybridized carbons (Fsp3) is 0.444. The maximum atomic E-state index is 12.2. The van der Waals surface area contributed by atoms with Crippen molar-refractivity contribution in [1.82, 2.24) is 9.62 Å². The largest absolute Gasteiger partial charge is 0.452 e. The molecular weight excluding hydrogens is 356 g/mol. The third-order valence-corrected chi connectivity index (χ3v) is 5.32. The van der Waals surface area contributed by atoms with Gasteiger partial charge in [-0.1, -0.05) is 18.2 Å². The Morgan fingerprint density at radius 2 is 2.04 bits per heavy atom. The second-order valence-electron chi connectivity index (χ2n) is 6.36. The van der Waals surface area contributed by atoms with Crippen LogP contribution in [0.5, 0.6) is 0 Å². The first-order chi connectivity index (χ1) is 12.2. The summed E-state index contributed by atoms with van der Waals surface area (Å²) in [5, 5.41) is 0. The standard InChI is InChI=1S/C18H24N2O5S/c1-4-20(11-13(2)3)17(21)12-25-18(22)14-6-5-7-16(10-14)26(23,24)19-15-8-9-15/h5-7,10,15,19H,2,4,8-9,11-12H2,1,3H3. The Morgan fingerprint density at radius 1 is 1.35 bits per heavy atom. The number of sulfonamides is 1. The number of rotatable bonds is 9. The molecule has 0 radical (unpaired) electrons. The average Bonchev–Trinajstić information content (AvgIpc) is 3.40. The molecular formula is C18H24N2O5S. The molecule has 1 aliphatic rings. The zero-order valence-corrected chi connectivity index (χ0v) is 15.8. The number of carbonyl (C=O) groups excluding carboxylic acids is 2. The van der Waals surface area contributed by atoms with Crippen LogP contribution in [-0.4, -0.2) is 50.9 Å². The monoisotopic (exact) mass is 380 g/mol. The molecule has 1 fully saturated rings. The molecule has 8 heteroatoms. The van der Waals surface area contributed by atoms with Gasteiger partial charge < -0.3 is 9.64 Å². The Morgan fingerprint density at radius 3 is 2.62 bits per heavy atom. The second-order valence-corrected chi connectivity index (χ2v) is 8.08. The minimum Gasteiger partial charge on any atom is -0.452 e. The van der Waals surface area contributed by atoms with Crippen LogP contribution in [0.4, 0.5) is 0 Å². The highest BCUT2D eigenvalue weighted by molar-refractivity contribution is 7.89. The summed E-state index contributed by atoms with van der Waals surface area (Å²) in [6.45, 7) is 7.86. The van der Waals surface area contributed by atoms with Crippen molar-refractivity contribution in [3.8, 4) is 0 Å². The molecule has 1 aromatic rings. The van der Waals surface area contributed by atoms with Crippen molar-refractivity contribution in [3.63, 3.8) is 0 Å². The van der Waals surface area contributed by atoms with Gasteiger partial charge in [-0.3, -0.25) is 4.79 Å². The lowest BCUT2D eigenvalue weighted by Crippen LogP contribution is -2.35. The van der Waals surface area contributed by atoms with Crippen molar-refractivity contribution in [2.24, 2.45) is 0 Å². The summed E-state index contributed by atoms with van der Waals surface area (Å²) in [5.74, 6) is -1.07. The Kier molecular flexibility index (Phi) is 6.55. The Hall–Kier alpha value is -2.19. The fourth-order valence-electron chi connectivity index (χ4n) is 2.28. The third-order valence-electron chi connectivity index (χ3n) is 3.80. The summed E-state index contributed by atoms with van der Waals surface area (Å²) in [5.41, 5.74) is 0.909. The van der Waals surface area contributed by atoms with Crippen LogP contribution in [0.15, 0.2) is 41.3 Å². The number of benzene rings is 1. The smallest absolute Gasteiger partial charge is 0.338 e. The molecule has 7 nitrogen and oxygen atoms in total. The van der Waals surface area contributed by atoms with E-state index in [9.17, 15) is 18.0 Å². The van der Waals surface area contributed by atoms with Crippen LogP contribution in [0.1, 0.15) is 37.0 Å². The highest BCUT2D eigenvalue weighted by atomic mass is 32.2. The summed E-state index contributed by atoms with van der Waals surface area (Å²) >= 11 is 0. The van der Waals surface area contributed by atoms with Crippen molar-refractivity contribution in [3.05, 3.63) is 42.0 Å². The first-order valence-electron chi connectivity index (χ1n) is 8.44. The molecule has 1 amide bonds. The van der Waals surface area contributed by atoms with E-state index in [2.05, 4.69) is 11.3 Å². The van der Waals surface area contributed by atoms with E-state index in [0.717, 1.165) is 18.4 Å². The molecule has 0 saturated heterocycles. The van der Waals surface area contributed by atoms with Gasteiger partial charge in [-0.2, -0.15) is 0 Å². The Bertz CT molecular complexity index is 800. The molecule has 142 valence electrons. The van der Waals surface area contributed by atoms with Crippen LogP contribution in [0.3, 0.4) is 0 Å². The van der Waals surface area contributed by atoms with E-state index in [1.165, 1.54) is 29.2 Å². The van der Waals surface area contributed by atoms with E-state index in [1.807, 2.05) is 13.8 Å². The van der Waals surface area contributed by atoms with E-state index in [0.29, 0.717) is 13.1 Å². The highest BCUT2D eigenvalue weighted by Crippen LogP contribution is 2.22. The second kappa shape index (κ2) is 8.46. The minimum absolute atomic E-state index is 0.00245. The molecule has 1 saturated carbocycles. The summed E-state index contributed by atoms with van der Waals surface area (Å²) < 4.78 is 32.0. The number of esters is 1. The fourth-order valence-corrected chi connectivity index (χ4v) is 3.63. The number of nitrogens with zero attached hydrogens (tertiary/aromatic N) is 1. The predicted molar refractivity (Wildman–Crippen MR) is 97.1 cm³/mol. The van der Waals surface area contributed by atoms with Crippen molar-refractivity contribution in [1.29, 1.82) is 0 Å². The van der Waals surface area contributed by atoms with Gasteiger partial charge in [-0.25, -0.2) is 17.9 Å². The van der Waals surface area contributed by atoms with Crippen LogP contribution < -0.4 is 4.72 Å². The van der Waals surface area contributed by atoms with Gasteiger partial charge >= 0.3 is 5.97 Å². The minimum atomic E-state index is -3.66. The summed E-state index contributed by atoms with van der Waals surface area (Å²) in [6.07, 6.45) is 1.64. The van der Waals surface area contributed by atoms with Crippen LogP contribution in [0, 0.1) is 0 Å². The summed E-state index contributed by atoms with van der Waals surface area (Å²) in [7, 11) is -3.66. The van der Waals surface area contributed by atoms with Crippen molar-refractivity contribution in [2.45, 2.75) is 37.6 Å². The van der Waals surface area contributed by atoms with Gasteiger partial charge in [0, 0.05) is 19.1 Å². The number of nitrogens with one attached hydrogen (secondary N) is 1. The van der Waals surface area contributed by atoms with Crippen LogP contribution in [0.25, 0.3) is 0 Å². The van der Waals surface area contributed by atoms with Gasteiger partial charge in [-0.05, 0) is 44.9 Å². The van der Waals surface area contributed by atoms with Gasteiger partial charge in [-0.15, -0.1) is 0 Å². The molecule has 26 heavy (non-hydrogen) atoms. The van der Waals surface area contributed by atoms with Gasteiger partial charge in [0.15, 0.2) is 6.61 Å². The highest BCUT2D eigenvalue weighted by Gasteiger charge is 2.28. The number of ether oxygens (including phenoxy) is 1. The van der Waals surface area contributed by atoms with Crippen LogP contribution >= 0.6 is 0 Å². The summed E-state index contributed by atoms with van der Waals surface area (Å²) in [6, 6.07) is 5.57. The SMILES string of the molecule is C=C(C)CN(CC)C(=O)COC(=O)c1cccc(S(=O)(=O)NC2CC2)c1. The maximum absolute atomic E-state index is 12.2. The van der Waals surface area contributed by atoms with Crippen molar-refractivity contribution < 1.29 is 22.7 Å². The van der Waals surface area contributed by atoms with Gasteiger partial charge in [0.1, 0.15) is 0 Å². The van der Waals surface area contributed by atoms with E-state index in [1.54, 1.807) is 0 Å². The normalized spacial score (nSPS) is 13.9. The quantitative estimate of drug-likeness (QED) is 0.520. The molecule has 2 rings (SSSR count). The topological polar surface area (TPSA) is 92.8 Å². The van der Waals surface area contributed by atoms with E-state index < -0.39 is 22.6 Å². The number of hydrogen-bond acceptors (Lipinski definition) is 5. The molecule has 0 atom stereocenters. The Balaban J connectivity index is 2.00. The van der Waals surface area contributed by atoms with E-state index >= 15 is 0 Å². The number of carbonyl (C=O) groups is 2. The molecule has 1 aromatic carbocycles. The number of amides is 1. The van der Waals surface area contributed by atoms with E-state index in [-0.39, 0.29) is 22.4 Å². The molecule has 0 unspecified atom stereocenters. The number of hydrogen-bond donors (Lipinski definition) is 1. The first-order valence-corrected chi connectivity index (χ1v) is 9.93. The number of likely N-dealkylation sites (N-methyl/N-ethyl adjacent to an activating group) is 1. The maximum Gasteiger partial charge on any atom is 0.338 e. The molecule has 1 N–H and O–H groups in total. The molecule has 0 aliphatic heterocycles. The molecule has 1 aliphatic carbocycles. The van der Waals surface area contributed by atoms with Crippen LogP contribution in [-0.2, 0) is 19.6 Å². The lowest BCUT2D eigenvalue weighted by molar-refractivity contribution is -0.133. The van der Waals surface area contributed by atoms with Gasteiger partial charge in [0.2, 0.25) is 10.0 Å². The van der Waals surface area contributed by atoms with Crippen molar-refractivity contribution in [2.75, 3.05) is 19.7 Å². The van der Waals surface area contributed by atoms with Gasteiger partial charge in [0.05, 0.1) is 10.5 Å². The first kappa shape index (κ1) is 20.1. The zero-order chi connectivity index (χ0) is 19.3. The lowest BCUT2D eigenvalue weighted by atomic mass is 10.2. The zero-order valence-electron chi connectivity index (χ0n) is 15.0. The molecule has 0 aromatic heterocycles. The molecule has 0 spiro atoms. The molecule has 0 heterocycles. The van der Waals surface area contributed by atoms with Crippen LogP contribution in [0.2, 0.25) is 0 Å². The van der Waals surface area contributed by atoms with E-state index in [4.69, 9.17) is 4.74 Å². The lowest BCUT2D eigenvalue weighted by Gasteiger charge is -2.20. The Labute approximate surface area is 154 Å². The third kappa shape index (κ3) is 5.67. The average molecular weight is 380 g/mol.